The Bertz CT molecular complexity index is 188. The molecule has 0 bridgehead atoms. The van der Waals surface area contributed by atoms with Gasteiger partial charge in [0.2, 0.25) is 0 Å². The van der Waals surface area contributed by atoms with Gasteiger partial charge in [-0.25, -0.2) is 4.98 Å². The second kappa shape index (κ2) is 4.05. The lowest BCUT2D eigenvalue weighted by atomic mass is 10.4. The number of aliphatic hydroxyl groups excluding tert-OH is 1. The molecule has 1 atom stereocenters. The molecule has 0 unspecified atom stereocenters. The molecule has 0 aromatic carbocycles. The number of hydrogen-bond donors (Lipinski definition) is 1. The monoisotopic (exact) mass is 157 g/mol. The van der Waals surface area contributed by atoms with Gasteiger partial charge in [-0.2, -0.15) is 5.10 Å². The Hall–Kier alpha value is -0.940. The first-order chi connectivity index (χ1) is 5.33. The molecule has 0 aliphatic carbocycles. The summed E-state index contributed by atoms with van der Waals surface area (Å²) in [5.41, 5.74) is 0. The number of nitrogens with zero attached hydrogens (tertiary/aromatic N) is 3. The number of hydrogen-bond acceptors (Lipinski definition) is 4. The third kappa shape index (κ3) is 2.65. The molecule has 1 rings (SSSR count). The summed E-state index contributed by atoms with van der Waals surface area (Å²) in [6, 6.07) is 0. The van der Waals surface area contributed by atoms with E-state index < -0.39 is 6.10 Å². The highest BCUT2D eigenvalue weighted by Gasteiger charge is 2.03. The molecule has 1 heterocycles. The Morgan fingerprint density at radius 1 is 1.73 bits per heavy atom. The average molecular weight is 157 g/mol. The minimum absolute atomic E-state index is 0.319. The predicted octanol–water partition coefficient (Wildman–Crippen LogP) is -0.715. The van der Waals surface area contributed by atoms with Crippen LogP contribution in [-0.2, 0) is 11.3 Å². The Balaban J connectivity index is 2.31. The first-order valence-electron chi connectivity index (χ1n) is 3.32. The van der Waals surface area contributed by atoms with Crippen LogP contribution in [0.2, 0.25) is 0 Å². The zero-order valence-electron chi connectivity index (χ0n) is 6.34. The molecule has 0 fully saturated rings. The lowest BCUT2D eigenvalue weighted by molar-refractivity contribution is 0.0513. The molecule has 1 aromatic heterocycles. The Labute approximate surface area is 64.6 Å². The van der Waals surface area contributed by atoms with Gasteiger partial charge in [0.25, 0.3) is 0 Å². The summed E-state index contributed by atoms with van der Waals surface area (Å²) in [5.74, 6) is 0. The summed E-state index contributed by atoms with van der Waals surface area (Å²) < 4.78 is 6.30. The summed E-state index contributed by atoms with van der Waals surface area (Å²) in [6.45, 7) is 0.744. The molecule has 0 aliphatic heterocycles. The van der Waals surface area contributed by atoms with Crippen molar-refractivity contribution in [2.75, 3.05) is 13.7 Å². The quantitative estimate of drug-likeness (QED) is 0.627. The van der Waals surface area contributed by atoms with Gasteiger partial charge in [0.05, 0.1) is 19.3 Å². The van der Waals surface area contributed by atoms with Gasteiger partial charge in [0, 0.05) is 7.11 Å². The third-order valence-corrected chi connectivity index (χ3v) is 1.22. The van der Waals surface area contributed by atoms with Gasteiger partial charge in [-0.15, -0.1) is 0 Å². The van der Waals surface area contributed by atoms with E-state index in [1.54, 1.807) is 18.1 Å². The Kier molecular flexibility index (Phi) is 3.00. The van der Waals surface area contributed by atoms with E-state index in [9.17, 15) is 5.11 Å². The highest BCUT2D eigenvalue weighted by Crippen LogP contribution is 1.88. The van der Waals surface area contributed by atoms with Crippen molar-refractivity contribution in [3.05, 3.63) is 12.7 Å². The summed E-state index contributed by atoms with van der Waals surface area (Å²) in [5, 5.41) is 13.0. The SMILES string of the molecule is COC[C@H](O)Cn1cncn1. The van der Waals surface area contributed by atoms with Gasteiger partial charge in [-0.05, 0) is 0 Å². The molecule has 5 heteroatoms. The lowest BCUT2D eigenvalue weighted by Gasteiger charge is -2.07. The molecule has 0 aliphatic rings. The van der Waals surface area contributed by atoms with E-state index in [0.717, 1.165) is 0 Å². The fourth-order valence-corrected chi connectivity index (χ4v) is 0.788. The van der Waals surface area contributed by atoms with Gasteiger partial charge in [0.15, 0.2) is 0 Å². The summed E-state index contributed by atoms with van der Waals surface area (Å²) >= 11 is 0. The van der Waals surface area contributed by atoms with Crippen molar-refractivity contribution in [2.45, 2.75) is 12.6 Å². The van der Waals surface area contributed by atoms with Crippen LogP contribution < -0.4 is 0 Å². The van der Waals surface area contributed by atoms with E-state index in [2.05, 4.69) is 10.1 Å². The first kappa shape index (κ1) is 8.16. The third-order valence-electron chi connectivity index (χ3n) is 1.22. The van der Waals surface area contributed by atoms with Gasteiger partial charge >= 0.3 is 0 Å². The molecule has 0 radical (unpaired) electrons. The van der Waals surface area contributed by atoms with Crippen LogP contribution >= 0.6 is 0 Å². The number of methoxy groups -OCH3 is 1. The van der Waals surface area contributed by atoms with E-state index in [-0.39, 0.29) is 0 Å². The normalized spacial score (nSPS) is 13.3. The molecule has 1 N–H and O–H groups in total. The molecule has 62 valence electrons. The number of ether oxygens (including phenoxy) is 1. The van der Waals surface area contributed by atoms with Crippen LogP contribution in [0.1, 0.15) is 0 Å². The lowest BCUT2D eigenvalue weighted by Crippen LogP contribution is -2.21. The maximum Gasteiger partial charge on any atom is 0.137 e. The highest BCUT2D eigenvalue weighted by atomic mass is 16.5. The van der Waals surface area contributed by atoms with Crippen molar-refractivity contribution in [1.82, 2.24) is 14.8 Å². The topological polar surface area (TPSA) is 60.2 Å². The van der Waals surface area contributed by atoms with E-state index in [1.165, 1.54) is 6.33 Å². The van der Waals surface area contributed by atoms with Crippen molar-refractivity contribution in [1.29, 1.82) is 0 Å². The molecule has 0 spiro atoms. The van der Waals surface area contributed by atoms with Gasteiger partial charge in [0.1, 0.15) is 12.7 Å². The van der Waals surface area contributed by atoms with Crippen LogP contribution in [0.5, 0.6) is 0 Å². The van der Waals surface area contributed by atoms with Crippen LogP contribution in [0.25, 0.3) is 0 Å². The number of aliphatic hydroxyl groups is 1. The summed E-state index contributed by atoms with van der Waals surface area (Å²) in [4.78, 5) is 3.74. The van der Waals surface area contributed by atoms with Gasteiger partial charge in [-0.3, -0.25) is 4.68 Å². The average Bonchev–Trinajstić information content (AvgIpc) is 2.40. The van der Waals surface area contributed by atoms with Crippen molar-refractivity contribution in [3.8, 4) is 0 Å². The first-order valence-corrected chi connectivity index (χ1v) is 3.32. The Morgan fingerprint density at radius 3 is 3.09 bits per heavy atom. The van der Waals surface area contributed by atoms with Crippen LogP contribution in [0.3, 0.4) is 0 Å². The summed E-state index contributed by atoms with van der Waals surface area (Å²) in [7, 11) is 1.55. The molecular weight excluding hydrogens is 146 g/mol. The molecule has 11 heavy (non-hydrogen) atoms. The summed E-state index contributed by atoms with van der Waals surface area (Å²) in [6.07, 6.45) is 2.47. The smallest absolute Gasteiger partial charge is 0.137 e. The van der Waals surface area contributed by atoms with Gasteiger partial charge < -0.3 is 9.84 Å². The van der Waals surface area contributed by atoms with Gasteiger partial charge in [-0.1, -0.05) is 0 Å². The van der Waals surface area contributed by atoms with Crippen molar-refractivity contribution in [3.63, 3.8) is 0 Å². The minimum atomic E-state index is -0.512. The van der Waals surface area contributed by atoms with Crippen LogP contribution in [-0.4, -0.2) is 39.7 Å². The van der Waals surface area contributed by atoms with Crippen molar-refractivity contribution in [2.24, 2.45) is 0 Å². The second-order valence-electron chi connectivity index (χ2n) is 2.23. The molecular formula is C6H11N3O2. The second-order valence-corrected chi connectivity index (χ2v) is 2.23. The zero-order chi connectivity index (χ0) is 8.10. The van der Waals surface area contributed by atoms with Crippen molar-refractivity contribution < 1.29 is 9.84 Å². The maximum absolute atomic E-state index is 9.21. The van der Waals surface area contributed by atoms with E-state index in [4.69, 9.17) is 4.74 Å². The maximum atomic E-state index is 9.21. The molecule has 0 amide bonds. The van der Waals surface area contributed by atoms with Crippen LogP contribution in [0.15, 0.2) is 12.7 Å². The molecule has 0 saturated carbocycles. The molecule has 1 aromatic rings. The van der Waals surface area contributed by atoms with Crippen molar-refractivity contribution >= 4 is 0 Å². The fraction of sp³-hybridized carbons (Fsp3) is 0.667. The molecule has 5 nitrogen and oxygen atoms in total. The Morgan fingerprint density at radius 2 is 2.55 bits per heavy atom. The van der Waals surface area contributed by atoms with E-state index >= 15 is 0 Å². The standard InChI is InChI=1S/C6H11N3O2/c1-11-3-6(10)2-9-5-7-4-8-9/h4-6,10H,2-3H2,1H3/t6-/m1/s1. The largest absolute Gasteiger partial charge is 0.389 e. The zero-order valence-corrected chi connectivity index (χ0v) is 6.34. The predicted molar refractivity (Wildman–Crippen MR) is 37.9 cm³/mol. The molecule has 0 saturated heterocycles. The van der Waals surface area contributed by atoms with E-state index in [0.29, 0.717) is 13.2 Å². The highest BCUT2D eigenvalue weighted by molar-refractivity contribution is 4.60. The van der Waals surface area contributed by atoms with Crippen LogP contribution in [0, 0.1) is 0 Å². The van der Waals surface area contributed by atoms with E-state index in [1.807, 2.05) is 0 Å². The fourth-order valence-electron chi connectivity index (χ4n) is 0.788. The van der Waals surface area contributed by atoms with Crippen LogP contribution in [0.4, 0.5) is 0 Å². The number of rotatable bonds is 4. The number of aromatic nitrogens is 3. The minimum Gasteiger partial charge on any atom is -0.389 e.